The van der Waals surface area contributed by atoms with E-state index in [9.17, 15) is 0 Å². The van der Waals surface area contributed by atoms with E-state index in [2.05, 4.69) is 32.0 Å². The molecule has 1 aromatic rings. The summed E-state index contributed by atoms with van der Waals surface area (Å²) < 4.78 is 0. The normalized spacial score (nSPS) is 11.7. The lowest BCUT2D eigenvalue weighted by Crippen LogP contribution is -1.86. The molecule has 64 valence electrons. The highest BCUT2D eigenvalue weighted by molar-refractivity contribution is 9.09. The summed E-state index contributed by atoms with van der Waals surface area (Å²) in [5.41, 5.74) is 2.14. The quantitative estimate of drug-likeness (QED) is 0.742. The standard InChI is InChI=1S/C9H11BrN2/c1-8(3-2-4-10)9-7-11-5-6-12-9/h3,5-7H,2,4H2,1H3. The molecular weight excluding hydrogens is 216 g/mol. The molecule has 0 saturated carbocycles. The molecule has 12 heavy (non-hydrogen) atoms. The number of rotatable bonds is 3. The van der Waals surface area contributed by atoms with Gasteiger partial charge in [-0.3, -0.25) is 9.97 Å². The molecule has 2 nitrogen and oxygen atoms in total. The molecule has 0 bridgehead atoms. The summed E-state index contributed by atoms with van der Waals surface area (Å²) in [4.78, 5) is 8.18. The van der Waals surface area contributed by atoms with Crippen molar-refractivity contribution in [2.75, 3.05) is 5.33 Å². The topological polar surface area (TPSA) is 25.8 Å². The van der Waals surface area contributed by atoms with Gasteiger partial charge in [-0.25, -0.2) is 0 Å². The Labute approximate surface area is 80.9 Å². The molecule has 0 amide bonds. The van der Waals surface area contributed by atoms with Crippen LogP contribution in [0.5, 0.6) is 0 Å². The van der Waals surface area contributed by atoms with Crippen LogP contribution >= 0.6 is 15.9 Å². The van der Waals surface area contributed by atoms with Crippen molar-refractivity contribution in [3.63, 3.8) is 0 Å². The Morgan fingerprint density at radius 3 is 3.00 bits per heavy atom. The first-order valence-electron chi connectivity index (χ1n) is 3.83. The molecule has 0 aromatic carbocycles. The highest BCUT2D eigenvalue weighted by Crippen LogP contribution is 2.09. The van der Waals surface area contributed by atoms with Gasteiger partial charge < -0.3 is 0 Å². The average Bonchev–Trinajstić information content (AvgIpc) is 2.15. The van der Waals surface area contributed by atoms with Crippen LogP contribution in [-0.4, -0.2) is 15.3 Å². The molecule has 0 aliphatic rings. The fourth-order valence-electron chi connectivity index (χ4n) is 0.878. The maximum absolute atomic E-state index is 4.19. The number of halogens is 1. The van der Waals surface area contributed by atoms with Gasteiger partial charge in [0.2, 0.25) is 0 Å². The number of allylic oxidation sites excluding steroid dienone is 2. The lowest BCUT2D eigenvalue weighted by atomic mass is 10.2. The number of aromatic nitrogens is 2. The van der Waals surface area contributed by atoms with E-state index >= 15 is 0 Å². The summed E-state index contributed by atoms with van der Waals surface area (Å²) in [6.45, 7) is 2.05. The fourth-order valence-corrected chi connectivity index (χ4v) is 1.11. The summed E-state index contributed by atoms with van der Waals surface area (Å²) >= 11 is 3.37. The van der Waals surface area contributed by atoms with Crippen LogP contribution in [0.3, 0.4) is 0 Å². The zero-order valence-electron chi connectivity index (χ0n) is 7.00. The van der Waals surface area contributed by atoms with Crippen molar-refractivity contribution in [1.29, 1.82) is 0 Å². The Morgan fingerprint density at radius 1 is 1.58 bits per heavy atom. The molecule has 0 N–H and O–H groups in total. The smallest absolute Gasteiger partial charge is 0.0838 e. The minimum Gasteiger partial charge on any atom is -0.261 e. The predicted octanol–water partition coefficient (Wildman–Crippen LogP) is 2.66. The van der Waals surface area contributed by atoms with E-state index in [1.54, 1.807) is 18.6 Å². The van der Waals surface area contributed by atoms with Gasteiger partial charge in [0.05, 0.1) is 11.9 Å². The van der Waals surface area contributed by atoms with Gasteiger partial charge in [0, 0.05) is 17.7 Å². The minimum atomic E-state index is 0.957. The van der Waals surface area contributed by atoms with E-state index < -0.39 is 0 Å². The monoisotopic (exact) mass is 226 g/mol. The molecular formula is C9H11BrN2. The first-order valence-corrected chi connectivity index (χ1v) is 4.96. The van der Waals surface area contributed by atoms with Crippen molar-refractivity contribution in [2.45, 2.75) is 13.3 Å². The second-order valence-electron chi connectivity index (χ2n) is 2.46. The molecule has 0 saturated heterocycles. The molecule has 1 heterocycles. The summed E-state index contributed by atoms with van der Waals surface area (Å²) in [6, 6.07) is 0. The van der Waals surface area contributed by atoms with Crippen LogP contribution in [0.1, 0.15) is 19.0 Å². The van der Waals surface area contributed by atoms with Gasteiger partial charge in [-0.05, 0) is 18.9 Å². The van der Waals surface area contributed by atoms with Gasteiger partial charge in [0.1, 0.15) is 0 Å². The van der Waals surface area contributed by atoms with Gasteiger partial charge in [-0.2, -0.15) is 0 Å². The van der Waals surface area contributed by atoms with Crippen molar-refractivity contribution in [3.05, 3.63) is 30.4 Å². The number of nitrogens with zero attached hydrogens (tertiary/aromatic N) is 2. The van der Waals surface area contributed by atoms with E-state index in [-0.39, 0.29) is 0 Å². The molecule has 3 heteroatoms. The van der Waals surface area contributed by atoms with Crippen LogP contribution < -0.4 is 0 Å². The zero-order chi connectivity index (χ0) is 8.81. The van der Waals surface area contributed by atoms with E-state index in [1.807, 2.05) is 6.92 Å². The van der Waals surface area contributed by atoms with E-state index in [0.717, 1.165) is 17.4 Å². The predicted molar refractivity (Wildman–Crippen MR) is 54.1 cm³/mol. The molecule has 0 unspecified atom stereocenters. The number of alkyl halides is 1. The highest BCUT2D eigenvalue weighted by atomic mass is 79.9. The SMILES string of the molecule is CC(=CCCBr)c1cnccn1. The molecule has 0 fully saturated rings. The summed E-state index contributed by atoms with van der Waals surface area (Å²) in [5.74, 6) is 0. The molecule has 1 rings (SSSR count). The Morgan fingerprint density at radius 2 is 2.42 bits per heavy atom. The Kier molecular flexibility index (Phi) is 3.94. The maximum Gasteiger partial charge on any atom is 0.0838 e. The van der Waals surface area contributed by atoms with Gasteiger partial charge in [0.15, 0.2) is 0 Å². The van der Waals surface area contributed by atoms with Crippen LogP contribution in [0.2, 0.25) is 0 Å². The van der Waals surface area contributed by atoms with Gasteiger partial charge in [-0.1, -0.05) is 22.0 Å². The summed E-state index contributed by atoms with van der Waals surface area (Å²) in [6.07, 6.45) is 8.35. The maximum atomic E-state index is 4.19. The first-order chi connectivity index (χ1) is 5.84. The third-order valence-electron chi connectivity index (χ3n) is 1.53. The average molecular weight is 227 g/mol. The summed E-state index contributed by atoms with van der Waals surface area (Å²) in [7, 11) is 0. The first kappa shape index (κ1) is 9.39. The van der Waals surface area contributed by atoms with Gasteiger partial charge in [0.25, 0.3) is 0 Å². The van der Waals surface area contributed by atoms with Crippen LogP contribution in [0.4, 0.5) is 0 Å². The molecule has 0 aliphatic carbocycles. The lowest BCUT2D eigenvalue weighted by Gasteiger charge is -1.97. The van der Waals surface area contributed by atoms with Crippen molar-refractivity contribution in [3.8, 4) is 0 Å². The van der Waals surface area contributed by atoms with Crippen molar-refractivity contribution < 1.29 is 0 Å². The van der Waals surface area contributed by atoms with Gasteiger partial charge in [-0.15, -0.1) is 0 Å². The van der Waals surface area contributed by atoms with Crippen LogP contribution in [0, 0.1) is 0 Å². The molecule has 0 radical (unpaired) electrons. The van der Waals surface area contributed by atoms with Crippen LogP contribution in [0.25, 0.3) is 5.57 Å². The third kappa shape index (κ3) is 2.74. The Bertz CT molecular complexity index is 256. The van der Waals surface area contributed by atoms with Crippen molar-refractivity contribution in [1.82, 2.24) is 9.97 Å². The number of hydrogen-bond donors (Lipinski definition) is 0. The summed E-state index contributed by atoms with van der Waals surface area (Å²) in [5, 5.41) is 0.991. The fraction of sp³-hybridized carbons (Fsp3) is 0.333. The van der Waals surface area contributed by atoms with Crippen molar-refractivity contribution in [2.24, 2.45) is 0 Å². The van der Waals surface area contributed by atoms with Crippen LogP contribution in [-0.2, 0) is 0 Å². The lowest BCUT2D eigenvalue weighted by molar-refractivity contribution is 1.15. The molecule has 1 aromatic heterocycles. The van der Waals surface area contributed by atoms with E-state index in [4.69, 9.17) is 0 Å². The van der Waals surface area contributed by atoms with Crippen molar-refractivity contribution >= 4 is 21.5 Å². The highest BCUT2D eigenvalue weighted by Gasteiger charge is 1.94. The van der Waals surface area contributed by atoms with E-state index in [0.29, 0.717) is 0 Å². The molecule has 0 spiro atoms. The number of hydrogen-bond acceptors (Lipinski definition) is 2. The Balaban J connectivity index is 2.71. The largest absolute Gasteiger partial charge is 0.261 e. The van der Waals surface area contributed by atoms with E-state index in [1.165, 1.54) is 5.57 Å². The molecule has 0 aliphatic heterocycles. The third-order valence-corrected chi connectivity index (χ3v) is 1.98. The van der Waals surface area contributed by atoms with Crippen LogP contribution in [0.15, 0.2) is 24.7 Å². The second kappa shape index (κ2) is 5.04. The second-order valence-corrected chi connectivity index (χ2v) is 3.25. The van der Waals surface area contributed by atoms with Gasteiger partial charge >= 0.3 is 0 Å². The zero-order valence-corrected chi connectivity index (χ0v) is 8.58. The minimum absolute atomic E-state index is 0.957. The molecule has 0 atom stereocenters. The Hall–Kier alpha value is -0.700.